The molecule has 12 rings (SSSR count). The smallest absolute Gasteiger partial charge is 0.135 e. The predicted octanol–water partition coefficient (Wildman–Crippen LogP) is 16.3. The molecule has 4 heterocycles. The summed E-state index contributed by atoms with van der Waals surface area (Å²) in [4.78, 5) is 9.44. The quantitative estimate of drug-likeness (QED) is 0.149. The number of nitrogens with zero attached hydrogens (tertiary/aromatic N) is 5. The SMILES string of the molecule is CC(C)(C)c1ccnc(-n2c3[c-]c(Oc4[c-]c(N5[CH-]N(c6cc(C(C)(C)C)ccc6-c6cccc7c6c6ccccc6n7-c6ccccc6)c6ccccc65)ccc4)ccc3c3ccccc32)c1.[Pt]. The van der Waals surface area contributed by atoms with Crippen molar-refractivity contribution in [2.75, 3.05) is 9.80 Å². The summed E-state index contributed by atoms with van der Waals surface area (Å²) in [6, 6.07) is 72.0. The molecule has 3 aromatic heterocycles. The van der Waals surface area contributed by atoms with Gasteiger partial charge in [0.15, 0.2) is 0 Å². The Morgan fingerprint density at radius 2 is 1.12 bits per heavy atom. The molecule has 6 nitrogen and oxygen atoms in total. The van der Waals surface area contributed by atoms with Gasteiger partial charge in [0.05, 0.1) is 11.0 Å². The molecule has 8 aromatic carbocycles. The van der Waals surface area contributed by atoms with Crippen LogP contribution in [0.4, 0.5) is 22.7 Å². The maximum Gasteiger partial charge on any atom is 0.135 e. The maximum absolute atomic E-state index is 6.69. The van der Waals surface area contributed by atoms with Gasteiger partial charge in [-0.2, -0.15) is 12.1 Å². The van der Waals surface area contributed by atoms with Crippen LogP contribution < -0.4 is 14.5 Å². The van der Waals surface area contributed by atoms with Gasteiger partial charge in [-0.3, -0.25) is 0 Å². The molecule has 0 saturated carbocycles. The van der Waals surface area contributed by atoms with Crippen LogP contribution in [0.25, 0.3) is 66.2 Å². The molecule has 1 aliphatic rings. The zero-order valence-corrected chi connectivity index (χ0v) is 41.7. The van der Waals surface area contributed by atoms with Crippen molar-refractivity contribution in [1.29, 1.82) is 0 Å². The average Bonchev–Trinajstić information content (AvgIpc) is 4.02. The van der Waals surface area contributed by atoms with Gasteiger partial charge in [-0.25, -0.2) is 4.98 Å². The van der Waals surface area contributed by atoms with Gasteiger partial charge < -0.3 is 23.7 Å². The Hall–Kier alpha value is -7.40. The van der Waals surface area contributed by atoms with Crippen molar-refractivity contribution >= 4 is 66.4 Å². The normalized spacial score (nSPS) is 12.8. The number of anilines is 4. The van der Waals surface area contributed by atoms with Crippen LogP contribution in [0.5, 0.6) is 11.5 Å². The molecule has 1 aliphatic heterocycles. The average molecular weight is 1080 g/mol. The molecule has 0 spiro atoms. The minimum atomic E-state index is -0.0810. The zero-order chi connectivity index (χ0) is 46.3. The molecule has 11 aromatic rings. The summed E-state index contributed by atoms with van der Waals surface area (Å²) in [5.41, 5.74) is 14.2. The van der Waals surface area contributed by atoms with Crippen molar-refractivity contribution in [2.45, 2.75) is 52.4 Å². The largest absolute Gasteiger partial charge is 0.509 e. The maximum atomic E-state index is 6.69. The minimum Gasteiger partial charge on any atom is -0.509 e. The Kier molecular flexibility index (Phi) is 10.9. The fourth-order valence-electron chi connectivity index (χ4n) is 9.95. The van der Waals surface area contributed by atoms with E-state index in [0.29, 0.717) is 11.5 Å². The zero-order valence-electron chi connectivity index (χ0n) is 39.4. The first kappa shape index (κ1) is 44.1. The summed E-state index contributed by atoms with van der Waals surface area (Å²) in [6.45, 7) is 15.7. The van der Waals surface area contributed by atoms with Crippen LogP contribution in [0.3, 0.4) is 0 Å². The molecule has 0 atom stereocenters. The number of hydrogen-bond donors (Lipinski definition) is 0. The molecule has 0 radical (unpaired) electrons. The molecular formula is C62H50N5OPt-3. The van der Waals surface area contributed by atoms with E-state index in [1.807, 2.05) is 24.4 Å². The van der Waals surface area contributed by atoms with E-state index in [0.717, 1.165) is 61.6 Å². The monoisotopic (exact) mass is 1080 g/mol. The van der Waals surface area contributed by atoms with Crippen molar-refractivity contribution in [3.05, 3.63) is 218 Å². The number of fused-ring (bicyclic) bond motifs is 7. The fourth-order valence-corrected chi connectivity index (χ4v) is 9.95. The third kappa shape index (κ3) is 7.59. The standard InChI is InChI=1S/C62H50N5O.Pt/c1-61(2,3)41-30-32-49(50-24-17-29-56-60(50)51-23-11-13-26-53(51)66(56)43-18-8-7-9-19-43)57(36-41)65-40-64(54-27-14-15-28-55(54)65)44-20-16-21-45(38-44)68-46-31-33-48-47-22-10-12-25-52(47)67(58(48)39-46)59-37-42(34-35-63-59)62(4,5)6;/h7-37,40H,1-6H3;/q-3;. The van der Waals surface area contributed by atoms with Gasteiger partial charge in [-0.15, -0.1) is 48.1 Å². The second-order valence-corrected chi connectivity index (χ2v) is 19.8. The summed E-state index contributed by atoms with van der Waals surface area (Å²) in [5.74, 6) is 2.04. The Balaban J connectivity index is 0.00000520. The third-order valence-electron chi connectivity index (χ3n) is 13.4. The Bertz CT molecular complexity index is 3740. The van der Waals surface area contributed by atoms with Gasteiger partial charge >= 0.3 is 0 Å². The number of rotatable bonds is 7. The van der Waals surface area contributed by atoms with Crippen LogP contribution in [0.1, 0.15) is 52.7 Å². The van der Waals surface area contributed by atoms with E-state index in [4.69, 9.17) is 9.72 Å². The van der Waals surface area contributed by atoms with Gasteiger partial charge in [0.2, 0.25) is 0 Å². The first-order valence-corrected chi connectivity index (χ1v) is 23.4. The molecule has 342 valence electrons. The van der Waals surface area contributed by atoms with Crippen LogP contribution in [-0.2, 0) is 31.9 Å². The molecule has 7 heteroatoms. The molecule has 69 heavy (non-hydrogen) atoms. The second-order valence-electron chi connectivity index (χ2n) is 19.8. The molecule has 0 aliphatic carbocycles. The summed E-state index contributed by atoms with van der Waals surface area (Å²) >= 11 is 0. The van der Waals surface area contributed by atoms with Crippen molar-refractivity contribution in [3.8, 4) is 34.1 Å². The Morgan fingerprint density at radius 1 is 0.478 bits per heavy atom. The van der Waals surface area contributed by atoms with E-state index >= 15 is 0 Å². The number of ether oxygens (including phenoxy) is 1. The van der Waals surface area contributed by atoms with Gasteiger partial charge in [0.25, 0.3) is 0 Å². The molecule has 0 N–H and O–H groups in total. The number of aromatic nitrogens is 3. The van der Waals surface area contributed by atoms with Crippen LogP contribution in [0, 0.1) is 18.8 Å². The van der Waals surface area contributed by atoms with Crippen LogP contribution in [0.15, 0.2) is 188 Å². The van der Waals surface area contributed by atoms with Crippen LogP contribution in [0.2, 0.25) is 0 Å². The van der Waals surface area contributed by atoms with Gasteiger partial charge in [-0.05, 0) is 93.6 Å². The first-order chi connectivity index (χ1) is 33.0. The number of hydrogen-bond acceptors (Lipinski definition) is 4. The van der Waals surface area contributed by atoms with Gasteiger partial charge in [0, 0.05) is 83.4 Å². The molecule has 0 fully saturated rings. The minimum absolute atomic E-state index is 0. The molecule has 0 amide bonds. The van der Waals surface area contributed by atoms with Crippen molar-refractivity contribution in [2.24, 2.45) is 0 Å². The first-order valence-electron chi connectivity index (χ1n) is 23.4. The van der Waals surface area contributed by atoms with Crippen molar-refractivity contribution < 1.29 is 25.8 Å². The Labute approximate surface area is 418 Å². The molecule has 0 saturated heterocycles. The topological polar surface area (TPSA) is 38.5 Å². The summed E-state index contributed by atoms with van der Waals surface area (Å²) in [5, 5.41) is 4.67. The van der Waals surface area contributed by atoms with E-state index in [1.165, 1.54) is 38.5 Å². The number of pyridine rings is 1. The molecule has 0 bridgehead atoms. The van der Waals surface area contributed by atoms with Gasteiger partial charge in [-0.1, -0.05) is 138 Å². The van der Waals surface area contributed by atoms with E-state index in [-0.39, 0.29) is 31.9 Å². The fraction of sp³-hybridized carbons (Fsp3) is 0.129. The third-order valence-corrected chi connectivity index (χ3v) is 13.4. The number of para-hydroxylation sites is 5. The van der Waals surface area contributed by atoms with Crippen LogP contribution in [-0.4, -0.2) is 14.1 Å². The predicted molar refractivity (Wildman–Crippen MR) is 281 cm³/mol. The van der Waals surface area contributed by atoms with E-state index < -0.39 is 0 Å². The van der Waals surface area contributed by atoms with Crippen molar-refractivity contribution in [1.82, 2.24) is 14.1 Å². The number of benzene rings is 8. The second kappa shape index (κ2) is 17.0. The summed E-state index contributed by atoms with van der Waals surface area (Å²) in [6.07, 6.45) is 1.90. The summed E-state index contributed by atoms with van der Waals surface area (Å²) < 4.78 is 11.3. The molecular weight excluding hydrogens is 1030 g/mol. The Morgan fingerprint density at radius 3 is 1.88 bits per heavy atom. The van der Waals surface area contributed by atoms with Crippen molar-refractivity contribution in [3.63, 3.8) is 0 Å². The molecule has 0 unspecified atom stereocenters. The van der Waals surface area contributed by atoms with E-state index in [9.17, 15) is 0 Å². The van der Waals surface area contributed by atoms with E-state index in [2.05, 4.69) is 243 Å². The summed E-state index contributed by atoms with van der Waals surface area (Å²) in [7, 11) is 0. The van der Waals surface area contributed by atoms with Crippen LogP contribution >= 0.6 is 0 Å². The van der Waals surface area contributed by atoms with E-state index in [1.54, 1.807) is 0 Å². The van der Waals surface area contributed by atoms with Gasteiger partial charge in [0.1, 0.15) is 5.82 Å².